The average molecular weight is 398 g/mol. The summed E-state index contributed by atoms with van der Waals surface area (Å²) in [7, 11) is -4.37. The summed E-state index contributed by atoms with van der Waals surface area (Å²) in [4.78, 5) is 0.198. The van der Waals surface area contributed by atoms with Gasteiger partial charge in [-0.25, -0.2) is 0 Å². The first-order chi connectivity index (χ1) is 13.0. The minimum atomic E-state index is -3.80. The van der Waals surface area contributed by atoms with E-state index in [9.17, 15) is 8.42 Å². The lowest BCUT2D eigenvalue weighted by Gasteiger charge is -2.32. The third kappa shape index (κ3) is 2.96. The van der Waals surface area contributed by atoms with Gasteiger partial charge in [0.15, 0.2) is 0 Å². The Morgan fingerprint density at radius 3 is 2.18 bits per heavy atom. The number of hydrogen-bond donors (Lipinski definition) is 0. The summed E-state index contributed by atoms with van der Waals surface area (Å²) in [6.07, 6.45) is 1.55. The Hall–Kier alpha value is -2.16. The summed E-state index contributed by atoms with van der Waals surface area (Å²) in [6.45, 7) is 9.85. The largest absolute Gasteiger partial charge is 0.494 e. The molecule has 2 aromatic carbocycles. The van der Waals surface area contributed by atoms with E-state index in [1.54, 1.807) is 36.5 Å². The second kappa shape index (κ2) is 6.17. The molecule has 0 aliphatic carbocycles. The van der Waals surface area contributed by atoms with Crippen LogP contribution in [0.2, 0.25) is 0 Å². The van der Waals surface area contributed by atoms with Gasteiger partial charge < -0.3 is 9.31 Å². The zero-order valence-electron chi connectivity index (χ0n) is 16.6. The Labute approximate surface area is 165 Å². The van der Waals surface area contributed by atoms with Crippen LogP contribution in [-0.2, 0) is 19.3 Å². The minimum Gasteiger partial charge on any atom is -0.399 e. The monoisotopic (exact) mass is 398 g/mol. The Balaban J connectivity index is 1.78. The molecule has 8 heteroatoms. The molecule has 1 aliphatic heterocycles. The average Bonchev–Trinajstić information content (AvgIpc) is 3.13. The van der Waals surface area contributed by atoms with E-state index in [1.807, 2.05) is 46.8 Å². The number of rotatable bonds is 3. The van der Waals surface area contributed by atoms with Crippen molar-refractivity contribution in [3.63, 3.8) is 0 Å². The zero-order valence-corrected chi connectivity index (χ0v) is 17.4. The molecule has 1 aromatic heterocycles. The highest BCUT2D eigenvalue weighted by Gasteiger charge is 2.51. The second-order valence-electron chi connectivity index (χ2n) is 8.21. The Morgan fingerprint density at radius 2 is 1.57 bits per heavy atom. The lowest BCUT2D eigenvalue weighted by Crippen LogP contribution is -2.41. The number of aryl methyl sites for hydroxylation is 1. The second-order valence-corrected chi connectivity index (χ2v) is 9.98. The predicted molar refractivity (Wildman–Crippen MR) is 109 cm³/mol. The smallest absolute Gasteiger partial charge is 0.399 e. The van der Waals surface area contributed by atoms with Crippen molar-refractivity contribution in [2.75, 3.05) is 0 Å². The highest BCUT2D eigenvalue weighted by molar-refractivity contribution is 7.90. The van der Waals surface area contributed by atoms with Crippen molar-refractivity contribution in [3.05, 3.63) is 54.2 Å². The van der Waals surface area contributed by atoms with Crippen molar-refractivity contribution >= 4 is 33.5 Å². The predicted octanol–water partition coefficient (Wildman–Crippen LogP) is 2.88. The van der Waals surface area contributed by atoms with E-state index in [1.165, 1.54) is 0 Å². The molecule has 0 spiro atoms. The number of benzene rings is 2. The van der Waals surface area contributed by atoms with E-state index in [-0.39, 0.29) is 4.90 Å². The molecule has 2 heterocycles. The highest BCUT2D eigenvalue weighted by atomic mass is 32.2. The summed E-state index contributed by atoms with van der Waals surface area (Å²) < 4.78 is 39.5. The standard InChI is InChI=1S/C20H23BN2O4S/c1-14-6-10-17(11-7-14)28(24,25)23-18-12-16(9-8-15(18)13-22-23)21-26-19(2,3)20(4,5)27-21/h6-13H,1-5H3. The molecule has 0 radical (unpaired) electrons. The lowest BCUT2D eigenvalue weighted by atomic mass is 9.79. The molecule has 1 fully saturated rings. The zero-order chi connectivity index (χ0) is 20.3. The molecule has 6 nitrogen and oxygen atoms in total. The Kier molecular flexibility index (Phi) is 4.23. The molecular weight excluding hydrogens is 375 g/mol. The molecule has 3 aromatic rings. The van der Waals surface area contributed by atoms with Crippen molar-refractivity contribution in [2.24, 2.45) is 0 Å². The lowest BCUT2D eigenvalue weighted by molar-refractivity contribution is 0.00578. The first-order valence-corrected chi connectivity index (χ1v) is 10.6. The summed E-state index contributed by atoms with van der Waals surface area (Å²) in [5.41, 5.74) is 1.30. The quantitative estimate of drug-likeness (QED) is 0.635. The van der Waals surface area contributed by atoms with Crippen LogP contribution in [0.1, 0.15) is 33.3 Å². The van der Waals surface area contributed by atoms with Crippen molar-refractivity contribution in [1.29, 1.82) is 0 Å². The molecule has 0 unspecified atom stereocenters. The van der Waals surface area contributed by atoms with E-state index in [2.05, 4.69) is 5.10 Å². The first kappa shape index (κ1) is 19.2. The van der Waals surface area contributed by atoms with E-state index in [0.29, 0.717) is 5.52 Å². The summed E-state index contributed by atoms with van der Waals surface area (Å²) in [6, 6.07) is 12.2. The van der Waals surface area contributed by atoms with Gasteiger partial charge >= 0.3 is 7.12 Å². The maximum Gasteiger partial charge on any atom is 0.494 e. The van der Waals surface area contributed by atoms with Gasteiger partial charge in [0.2, 0.25) is 0 Å². The maximum absolute atomic E-state index is 13.1. The van der Waals surface area contributed by atoms with E-state index >= 15 is 0 Å². The fraction of sp³-hybridized carbons (Fsp3) is 0.350. The molecule has 146 valence electrons. The van der Waals surface area contributed by atoms with Crippen molar-refractivity contribution in [2.45, 2.75) is 50.7 Å². The minimum absolute atomic E-state index is 0.198. The van der Waals surface area contributed by atoms with Crippen LogP contribution in [0.3, 0.4) is 0 Å². The molecule has 0 saturated carbocycles. The van der Waals surface area contributed by atoms with Gasteiger partial charge in [-0.15, -0.1) is 0 Å². The number of fused-ring (bicyclic) bond motifs is 1. The van der Waals surface area contributed by atoms with Crippen LogP contribution in [0, 0.1) is 6.92 Å². The van der Waals surface area contributed by atoms with Crippen molar-refractivity contribution in [1.82, 2.24) is 9.19 Å². The van der Waals surface area contributed by atoms with Gasteiger partial charge in [-0.1, -0.05) is 29.8 Å². The Bertz CT molecular complexity index is 1130. The van der Waals surface area contributed by atoms with Crippen LogP contribution in [0.25, 0.3) is 10.9 Å². The molecule has 0 N–H and O–H groups in total. The summed E-state index contributed by atoms with van der Waals surface area (Å²) in [5, 5.41) is 4.87. The van der Waals surface area contributed by atoms with Crippen LogP contribution >= 0.6 is 0 Å². The van der Waals surface area contributed by atoms with Gasteiger partial charge in [0.05, 0.1) is 27.8 Å². The van der Waals surface area contributed by atoms with Gasteiger partial charge in [0.1, 0.15) is 0 Å². The SMILES string of the molecule is Cc1ccc(S(=O)(=O)n2ncc3ccc(B4OC(C)(C)C(C)(C)O4)cc32)cc1. The summed E-state index contributed by atoms with van der Waals surface area (Å²) >= 11 is 0. The molecule has 1 saturated heterocycles. The fourth-order valence-corrected chi connectivity index (χ4v) is 4.41. The third-order valence-electron chi connectivity index (χ3n) is 5.63. The van der Waals surface area contributed by atoms with Crippen molar-refractivity contribution < 1.29 is 17.7 Å². The van der Waals surface area contributed by atoms with Gasteiger partial charge in [-0.3, -0.25) is 0 Å². The van der Waals surface area contributed by atoms with Gasteiger partial charge in [0, 0.05) is 5.39 Å². The van der Waals surface area contributed by atoms with Gasteiger partial charge in [-0.05, 0) is 58.3 Å². The molecule has 0 amide bonds. The summed E-state index contributed by atoms with van der Waals surface area (Å²) in [5.74, 6) is 0. The molecule has 0 atom stereocenters. The fourth-order valence-electron chi connectivity index (χ4n) is 3.14. The van der Waals surface area contributed by atoms with Crippen molar-refractivity contribution in [3.8, 4) is 0 Å². The maximum atomic E-state index is 13.1. The molecular formula is C20H23BN2O4S. The number of hydrogen-bond acceptors (Lipinski definition) is 5. The number of aromatic nitrogens is 2. The third-order valence-corrected chi connectivity index (χ3v) is 7.25. The first-order valence-electron chi connectivity index (χ1n) is 9.17. The van der Waals surface area contributed by atoms with E-state index in [0.717, 1.165) is 20.5 Å². The normalized spacial score (nSPS) is 18.7. The molecule has 28 heavy (non-hydrogen) atoms. The number of nitrogens with zero attached hydrogens (tertiary/aromatic N) is 2. The Morgan fingerprint density at radius 1 is 0.964 bits per heavy atom. The van der Waals surface area contributed by atoms with Gasteiger partial charge in [-0.2, -0.15) is 17.6 Å². The van der Waals surface area contributed by atoms with Gasteiger partial charge in [0.25, 0.3) is 10.0 Å². The van der Waals surface area contributed by atoms with Crippen LogP contribution in [0.4, 0.5) is 0 Å². The van der Waals surface area contributed by atoms with E-state index < -0.39 is 28.3 Å². The van der Waals surface area contributed by atoms with Crippen LogP contribution in [-0.4, -0.2) is 35.9 Å². The molecule has 0 bridgehead atoms. The van der Waals surface area contributed by atoms with Crippen LogP contribution < -0.4 is 5.46 Å². The van der Waals surface area contributed by atoms with E-state index in [4.69, 9.17) is 9.31 Å². The van der Waals surface area contributed by atoms with Crippen LogP contribution in [0.15, 0.2) is 53.6 Å². The topological polar surface area (TPSA) is 70.4 Å². The highest BCUT2D eigenvalue weighted by Crippen LogP contribution is 2.36. The molecule has 1 aliphatic rings. The van der Waals surface area contributed by atoms with Crippen LogP contribution in [0.5, 0.6) is 0 Å². The molecule has 4 rings (SSSR count).